The summed E-state index contributed by atoms with van der Waals surface area (Å²) < 4.78 is 24.1. The van der Waals surface area contributed by atoms with Crippen LogP contribution < -0.4 is 0 Å². The minimum atomic E-state index is -0.647. The van der Waals surface area contributed by atoms with Gasteiger partial charge in [0.05, 0.1) is 12.2 Å². The summed E-state index contributed by atoms with van der Waals surface area (Å²) in [6.07, 6.45) is 10.3. The van der Waals surface area contributed by atoms with E-state index in [0.29, 0.717) is 24.2 Å². The van der Waals surface area contributed by atoms with Crippen LogP contribution in [0.1, 0.15) is 97.8 Å². The van der Waals surface area contributed by atoms with Crippen molar-refractivity contribution in [2.24, 2.45) is 0 Å². The highest BCUT2D eigenvalue weighted by Gasteiger charge is 2.46. The minimum absolute atomic E-state index is 0.125. The Balaban J connectivity index is 2.06. The molecule has 0 spiro atoms. The Morgan fingerprint density at radius 1 is 0.848 bits per heavy atom. The van der Waals surface area contributed by atoms with Crippen molar-refractivity contribution >= 4 is 11.9 Å². The second-order valence-electron chi connectivity index (χ2n) is 9.90. The van der Waals surface area contributed by atoms with Crippen molar-refractivity contribution in [3.63, 3.8) is 0 Å². The second-order valence-corrected chi connectivity index (χ2v) is 9.90. The Morgan fingerprint density at radius 2 is 1.36 bits per heavy atom. The molecule has 6 nitrogen and oxygen atoms in total. The fourth-order valence-electron chi connectivity index (χ4n) is 5.40. The maximum absolute atomic E-state index is 12.4. The number of carbonyl (C=O) groups excluding carboxylic acids is 2. The third-order valence-electron chi connectivity index (χ3n) is 7.12. The van der Waals surface area contributed by atoms with Gasteiger partial charge in [-0.3, -0.25) is 0 Å². The van der Waals surface area contributed by atoms with Gasteiger partial charge in [-0.2, -0.15) is 0 Å². The average molecular weight is 465 g/mol. The van der Waals surface area contributed by atoms with E-state index in [1.54, 1.807) is 21.0 Å². The van der Waals surface area contributed by atoms with Crippen molar-refractivity contribution in [1.29, 1.82) is 0 Å². The predicted molar refractivity (Wildman–Crippen MR) is 129 cm³/mol. The molecule has 2 aliphatic rings. The quantitative estimate of drug-likeness (QED) is 0.206. The molecular weight excluding hydrogens is 420 g/mol. The van der Waals surface area contributed by atoms with E-state index in [4.69, 9.17) is 18.9 Å². The van der Waals surface area contributed by atoms with E-state index < -0.39 is 11.2 Å². The Hall–Kier alpha value is -1.66. The van der Waals surface area contributed by atoms with E-state index in [9.17, 15) is 9.59 Å². The highest BCUT2D eigenvalue weighted by molar-refractivity contribution is 5.87. The first-order valence-corrected chi connectivity index (χ1v) is 12.6. The first-order valence-electron chi connectivity index (χ1n) is 12.6. The number of ether oxygens (including phenoxy) is 4. The SMILES string of the molecule is C=C(C)C(=O)OC1(CCCOC2CCCCC2(CCC)OC(=O)C(=C)C)CCCCC1OC. The second kappa shape index (κ2) is 12.7. The van der Waals surface area contributed by atoms with Gasteiger partial charge in [0.1, 0.15) is 11.2 Å². The Bertz CT molecular complexity index is 697. The molecule has 2 rings (SSSR count). The van der Waals surface area contributed by atoms with E-state index in [2.05, 4.69) is 20.1 Å². The van der Waals surface area contributed by atoms with Crippen molar-refractivity contribution in [3.05, 3.63) is 24.3 Å². The van der Waals surface area contributed by atoms with Crippen LogP contribution in [0.3, 0.4) is 0 Å². The van der Waals surface area contributed by atoms with Crippen molar-refractivity contribution in [2.75, 3.05) is 13.7 Å². The van der Waals surface area contributed by atoms with Gasteiger partial charge in [-0.25, -0.2) is 9.59 Å². The lowest BCUT2D eigenvalue weighted by atomic mass is 9.78. The average Bonchev–Trinajstić information content (AvgIpc) is 2.78. The first-order chi connectivity index (χ1) is 15.7. The highest BCUT2D eigenvalue weighted by Crippen LogP contribution is 2.40. The van der Waals surface area contributed by atoms with Crippen molar-refractivity contribution in [3.8, 4) is 0 Å². The maximum atomic E-state index is 12.4. The molecule has 0 amide bonds. The summed E-state index contributed by atoms with van der Waals surface area (Å²) in [7, 11) is 1.69. The Kier molecular flexibility index (Phi) is 10.6. The zero-order valence-corrected chi connectivity index (χ0v) is 21.2. The van der Waals surface area contributed by atoms with Crippen LogP contribution in [0, 0.1) is 0 Å². The number of carbonyl (C=O) groups is 2. The molecule has 0 aromatic rings. The van der Waals surface area contributed by atoms with Gasteiger partial charge in [-0.1, -0.05) is 39.3 Å². The third-order valence-corrected chi connectivity index (χ3v) is 7.12. The van der Waals surface area contributed by atoms with Crippen LogP contribution in [0.15, 0.2) is 24.3 Å². The molecule has 0 aromatic heterocycles. The maximum Gasteiger partial charge on any atom is 0.333 e. The zero-order chi connectivity index (χ0) is 24.5. The molecule has 2 fully saturated rings. The fourth-order valence-corrected chi connectivity index (χ4v) is 5.40. The Morgan fingerprint density at radius 3 is 1.85 bits per heavy atom. The van der Waals surface area contributed by atoms with E-state index >= 15 is 0 Å². The summed E-state index contributed by atoms with van der Waals surface area (Å²) in [4.78, 5) is 24.8. The van der Waals surface area contributed by atoms with Crippen LogP contribution in [0.4, 0.5) is 0 Å². The molecular formula is C27H44O6. The molecule has 2 aliphatic carbocycles. The molecule has 188 valence electrons. The molecule has 0 aliphatic heterocycles. The van der Waals surface area contributed by atoms with Crippen LogP contribution in [0.2, 0.25) is 0 Å². The molecule has 0 aromatic carbocycles. The predicted octanol–water partition coefficient (Wildman–Crippen LogP) is 5.83. The standard InChI is InChI=1S/C27H44O6/c1-7-15-26(32-24(28)20(2)3)16-11-9-14-23(26)31-19-12-18-27(33-25(29)21(4)5)17-10-8-13-22(27)30-6/h22-23H,2,4,7-19H2,1,3,5-6H3. The molecule has 0 saturated heterocycles. The van der Waals surface area contributed by atoms with Crippen LogP contribution >= 0.6 is 0 Å². The van der Waals surface area contributed by atoms with Crippen molar-refractivity contribution < 1.29 is 28.5 Å². The molecule has 0 N–H and O–H groups in total. The van der Waals surface area contributed by atoms with Gasteiger partial charge >= 0.3 is 11.9 Å². The van der Waals surface area contributed by atoms with Crippen LogP contribution in [-0.2, 0) is 28.5 Å². The van der Waals surface area contributed by atoms with E-state index in [1.807, 2.05) is 0 Å². The molecule has 0 heterocycles. The van der Waals surface area contributed by atoms with Crippen LogP contribution in [0.25, 0.3) is 0 Å². The van der Waals surface area contributed by atoms with E-state index in [0.717, 1.165) is 70.6 Å². The summed E-state index contributed by atoms with van der Waals surface area (Å²) in [5.41, 5.74) is -0.422. The summed E-state index contributed by atoms with van der Waals surface area (Å²) in [5.74, 6) is -0.699. The topological polar surface area (TPSA) is 71.1 Å². The molecule has 4 atom stereocenters. The molecule has 6 heteroatoms. The largest absolute Gasteiger partial charge is 0.453 e. The van der Waals surface area contributed by atoms with Crippen molar-refractivity contribution in [1.82, 2.24) is 0 Å². The number of rotatable bonds is 12. The lowest BCUT2D eigenvalue weighted by molar-refractivity contribution is -0.189. The summed E-state index contributed by atoms with van der Waals surface area (Å²) in [5, 5.41) is 0. The van der Waals surface area contributed by atoms with Gasteiger partial charge in [0.15, 0.2) is 0 Å². The van der Waals surface area contributed by atoms with Gasteiger partial charge < -0.3 is 18.9 Å². The molecule has 0 bridgehead atoms. The zero-order valence-electron chi connectivity index (χ0n) is 21.2. The summed E-state index contributed by atoms with van der Waals surface area (Å²) >= 11 is 0. The van der Waals surface area contributed by atoms with Gasteiger partial charge in [0.2, 0.25) is 0 Å². The smallest absolute Gasteiger partial charge is 0.333 e. The summed E-state index contributed by atoms with van der Waals surface area (Å²) in [6.45, 7) is 13.5. The fraction of sp³-hybridized carbons (Fsp3) is 0.778. The highest BCUT2D eigenvalue weighted by atomic mass is 16.6. The molecule has 4 unspecified atom stereocenters. The molecule has 2 saturated carbocycles. The van der Waals surface area contributed by atoms with E-state index in [-0.39, 0.29) is 24.1 Å². The van der Waals surface area contributed by atoms with Gasteiger partial charge in [-0.15, -0.1) is 0 Å². The molecule has 0 radical (unpaired) electrons. The van der Waals surface area contributed by atoms with E-state index in [1.165, 1.54) is 0 Å². The monoisotopic (exact) mass is 464 g/mol. The normalized spacial score (nSPS) is 29.8. The van der Waals surface area contributed by atoms with Crippen molar-refractivity contribution in [2.45, 2.75) is 121 Å². The number of methoxy groups -OCH3 is 1. The Labute approximate surface area is 200 Å². The summed E-state index contributed by atoms with van der Waals surface area (Å²) in [6, 6.07) is 0. The lowest BCUT2D eigenvalue weighted by Crippen LogP contribution is -2.51. The van der Waals surface area contributed by atoms with Crippen LogP contribution in [0.5, 0.6) is 0 Å². The lowest BCUT2D eigenvalue weighted by Gasteiger charge is -2.44. The molecule has 33 heavy (non-hydrogen) atoms. The van der Waals surface area contributed by atoms with Gasteiger partial charge in [0.25, 0.3) is 0 Å². The number of hydrogen-bond acceptors (Lipinski definition) is 6. The minimum Gasteiger partial charge on any atom is -0.453 e. The third kappa shape index (κ3) is 7.16. The van der Waals surface area contributed by atoms with Crippen LogP contribution in [-0.4, -0.2) is 49.1 Å². The number of hydrogen-bond donors (Lipinski definition) is 0. The van der Waals surface area contributed by atoms with Gasteiger partial charge in [-0.05, 0) is 71.6 Å². The first kappa shape index (κ1) is 27.6. The van der Waals surface area contributed by atoms with Gasteiger partial charge in [0, 0.05) is 24.9 Å². The number of esters is 2.